The Kier molecular flexibility index (Phi) is 6.31. The van der Waals surface area contributed by atoms with Crippen LogP contribution < -0.4 is 10.2 Å². The summed E-state index contributed by atoms with van der Waals surface area (Å²) in [7, 11) is 1.49. The fraction of sp³-hybridized carbons (Fsp3) is 0.667. The summed E-state index contributed by atoms with van der Waals surface area (Å²) in [6.07, 6.45) is 11.9. The molecule has 2 aromatic heterocycles. The first kappa shape index (κ1) is 21.6. The standard InChI is InChI=1S/C24H33N5O2S/c1-15-10-21(28-24-25-12-20(32-24)17-8-9-17)27-23(26-15)29-13-18(16-6-4-3-5-7-16)11-19(14-29)22(30)31-2/h10,12,16-19H,3-9,11,13-14H2,1-2H3,(H,25,26,27,28)/t18-,19+/m1/s1. The van der Waals surface area contributed by atoms with Crippen molar-refractivity contribution in [1.82, 2.24) is 15.0 Å². The molecule has 0 unspecified atom stereocenters. The van der Waals surface area contributed by atoms with Crippen molar-refractivity contribution in [2.24, 2.45) is 17.8 Å². The second-order valence-corrected chi connectivity index (χ2v) is 10.7. The molecule has 1 aliphatic heterocycles. The van der Waals surface area contributed by atoms with Gasteiger partial charge in [-0.15, -0.1) is 11.3 Å². The topological polar surface area (TPSA) is 80.2 Å². The van der Waals surface area contributed by atoms with Gasteiger partial charge >= 0.3 is 5.97 Å². The van der Waals surface area contributed by atoms with Gasteiger partial charge in [-0.05, 0) is 43.9 Å². The number of piperidine rings is 1. The van der Waals surface area contributed by atoms with Crippen LogP contribution in [-0.2, 0) is 9.53 Å². The highest BCUT2D eigenvalue weighted by Crippen LogP contribution is 2.44. The molecule has 2 atom stereocenters. The molecule has 3 aliphatic rings. The summed E-state index contributed by atoms with van der Waals surface area (Å²) in [5.74, 6) is 3.08. The first-order valence-corrected chi connectivity index (χ1v) is 12.8. The predicted octanol–water partition coefficient (Wildman–Crippen LogP) is 5.06. The maximum atomic E-state index is 12.5. The molecule has 7 nitrogen and oxygen atoms in total. The lowest BCUT2D eigenvalue weighted by Gasteiger charge is -2.41. The molecule has 172 valence electrons. The van der Waals surface area contributed by atoms with Gasteiger partial charge < -0.3 is 15.0 Å². The largest absolute Gasteiger partial charge is 0.469 e. The number of nitrogens with zero attached hydrogens (tertiary/aromatic N) is 4. The molecule has 0 spiro atoms. The van der Waals surface area contributed by atoms with Crippen LogP contribution in [0.3, 0.4) is 0 Å². The van der Waals surface area contributed by atoms with E-state index in [1.54, 1.807) is 11.3 Å². The highest BCUT2D eigenvalue weighted by atomic mass is 32.1. The average Bonchev–Trinajstić information content (AvgIpc) is 3.57. The molecule has 1 N–H and O–H groups in total. The monoisotopic (exact) mass is 455 g/mol. The van der Waals surface area contributed by atoms with E-state index in [-0.39, 0.29) is 11.9 Å². The smallest absolute Gasteiger partial charge is 0.310 e. The van der Waals surface area contributed by atoms with E-state index in [1.807, 2.05) is 19.2 Å². The molecule has 3 fully saturated rings. The normalized spacial score (nSPS) is 24.4. The summed E-state index contributed by atoms with van der Waals surface area (Å²) in [6.45, 7) is 3.51. The third-order valence-electron chi connectivity index (χ3n) is 7.20. The maximum Gasteiger partial charge on any atom is 0.310 e. The van der Waals surface area contributed by atoms with Gasteiger partial charge in [-0.2, -0.15) is 4.98 Å². The van der Waals surface area contributed by atoms with Crippen LogP contribution in [0.15, 0.2) is 12.3 Å². The van der Waals surface area contributed by atoms with E-state index in [1.165, 1.54) is 56.9 Å². The highest BCUT2D eigenvalue weighted by Gasteiger charge is 2.37. The van der Waals surface area contributed by atoms with Gasteiger partial charge in [0, 0.05) is 35.9 Å². The molecule has 3 heterocycles. The van der Waals surface area contributed by atoms with Crippen molar-refractivity contribution >= 4 is 34.2 Å². The average molecular weight is 456 g/mol. The Labute approximate surface area is 194 Å². The molecule has 8 heteroatoms. The first-order chi connectivity index (χ1) is 15.6. The van der Waals surface area contributed by atoms with Gasteiger partial charge in [0.05, 0.1) is 13.0 Å². The van der Waals surface area contributed by atoms with Gasteiger partial charge in [-0.1, -0.05) is 32.1 Å². The quantitative estimate of drug-likeness (QED) is 0.610. The number of esters is 1. The number of carbonyl (C=O) groups excluding carboxylic acids is 1. The molecule has 2 aromatic rings. The molecular weight excluding hydrogens is 422 g/mol. The van der Waals surface area contributed by atoms with Gasteiger partial charge in [-0.25, -0.2) is 9.97 Å². The fourth-order valence-electron chi connectivity index (χ4n) is 5.35. The summed E-state index contributed by atoms with van der Waals surface area (Å²) in [5, 5.41) is 4.26. The SMILES string of the molecule is COC(=O)[C@H]1C[C@@H](C2CCCCC2)CN(c2nc(C)cc(Nc3ncc(C4CC4)s3)n2)C1. The predicted molar refractivity (Wildman–Crippen MR) is 127 cm³/mol. The minimum absolute atomic E-state index is 0.114. The van der Waals surface area contributed by atoms with E-state index in [2.05, 4.69) is 15.2 Å². The number of methoxy groups -OCH3 is 1. The minimum atomic E-state index is -0.124. The second kappa shape index (κ2) is 9.33. The number of ether oxygens (including phenoxy) is 1. The van der Waals surface area contributed by atoms with Crippen molar-refractivity contribution in [2.45, 2.75) is 64.2 Å². The number of aryl methyl sites for hydroxylation is 1. The number of aromatic nitrogens is 3. The van der Waals surface area contributed by atoms with Crippen molar-refractivity contribution in [3.05, 3.63) is 22.8 Å². The van der Waals surface area contributed by atoms with E-state index in [4.69, 9.17) is 14.7 Å². The first-order valence-electron chi connectivity index (χ1n) is 12.0. The molecular formula is C24H33N5O2S. The Morgan fingerprint density at radius 1 is 1.12 bits per heavy atom. The second-order valence-electron chi connectivity index (χ2n) is 9.68. The number of hydrogen-bond donors (Lipinski definition) is 1. The van der Waals surface area contributed by atoms with Crippen LogP contribution in [-0.4, -0.2) is 41.1 Å². The van der Waals surface area contributed by atoms with Crippen molar-refractivity contribution in [3.63, 3.8) is 0 Å². The Morgan fingerprint density at radius 3 is 2.69 bits per heavy atom. The van der Waals surface area contributed by atoms with Crippen LogP contribution in [0.25, 0.3) is 0 Å². The van der Waals surface area contributed by atoms with Gasteiger partial charge in [0.25, 0.3) is 0 Å². The van der Waals surface area contributed by atoms with Crippen molar-refractivity contribution in [1.29, 1.82) is 0 Å². The van der Waals surface area contributed by atoms with Crippen LogP contribution in [0.5, 0.6) is 0 Å². The summed E-state index contributed by atoms with van der Waals surface area (Å²) >= 11 is 1.71. The van der Waals surface area contributed by atoms with Crippen molar-refractivity contribution < 1.29 is 9.53 Å². The van der Waals surface area contributed by atoms with Crippen LogP contribution in [0.1, 0.15) is 67.9 Å². The van der Waals surface area contributed by atoms with Crippen molar-refractivity contribution in [2.75, 3.05) is 30.4 Å². The molecule has 0 aromatic carbocycles. The van der Waals surface area contributed by atoms with Gasteiger partial charge in [-0.3, -0.25) is 4.79 Å². The molecule has 5 rings (SSSR count). The molecule has 2 saturated carbocycles. The number of carbonyl (C=O) groups is 1. The molecule has 0 bridgehead atoms. The Morgan fingerprint density at radius 2 is 1.94 bits per heavy atom. The molecule has 32 heavy (non-hydrogen) atoms. The Balaban J connectivity index is 1.36. The molecule has 2 aliphatic carbocycles. The van der Waals surface area contributed by atoms with Gasteiger partial charge in [0.15, 0.2) is 5.13 Å². The van der Waals surface area contributed by atoms with E-state index in [0.29, 0.717) is 30.2 Å². The lowest BCUT2D eigenvalue weighted by Crippen LogP contribution is -2.46. The lowest BCUT2D eigenvalue weighted by atomic mass is 9.74. The van der Waals surface area contributed by atoms with Crippen LogP contribution >= 0.6 is 11.3 Å². The Hall–Kier alpha value is -2.22. The number of nitrogens with one attached hydrogen (secondary N) is 1. The van der Waals surface area contributed by atoms with Crippen LogP contribution in [0, 0.1) is 24.7 Å². The summed E-state index contributed by atoms with van der Waals surface area (Å²) in [5.41, 5.74) is 0.908. The third-order valence-corrected chi connectivity index (χ3v) is 8.27. The molecule has 0 radical (unpaired) electrons. The van der Waals surface area contributed by atoms with Gasteiger partial charge in [0.2, 0.25) is 5.95 Å². The number of hydrogen-bond acceptors (Lipinski definition) is 8. The zero-order valence-corrected chi connectivity index (χ0v) is 19.9. The Bertz CT molecular complexity index is 954. The van der Waals surface area contributed by atoms with Crippen molar-refractivity contribution in [3.8, 4) is 0 Å². The minimum Gasteiger partial charge on any atom is -0.469 e. The number of rotatable bonds is 6. The fourth-order valence-corrected chi connectivity index (χ4v) is 6.35. The third kappa shape index (κ3) is 4.90. The highest BCUT2D eigenvalue weighted by molar-refractivity contribution is 7.15. The summed E-state index contributed by atoms with van der Waals surface area (Å²) in [6, 6.07) is 1.96. The molecule has 1 saturated heterocycles. The molecule has 0 amide bonds. The van der Waals surface area contributed by atoms with E-state index < -0.39 is 0 Å². The van der Waals surface area contributed by atoms with Gasteiger partial charge in [0.1, 0.15) is 5.82 Å². The number of thiazole rings is 1. The summed E-state index contributed by atoms with van der Waals surface area (Å²) in [4.78, 5) is 30.2. The maximum absolute atomic E-state index is 12.5. The summed E-state index contributed by atoms with van der Waals surface area (Å²) < 4.78 is 5.14. The number of anilines is 3. The zero-order valence-electron chi connectivity index (χ0n) is 19.0. The van der Waals surface area contributed by atoms with E-state index in [0.717, 1.165) is 29.6 Å². The van der Waals surface area contributed by atoms with Crippen LogP contribution in [0.2, 0.25) is 0 Å². The zero-order chi connectivity index (χ0) is 22.1. The van der Waals surface area contributed by atoms with E-state index in [9.17, 15) is 4.79 Å². The van der Waals surface area contributed by atoms with Crippen LogP contribution in [0.4, 0.5) is 16.9 Å². The lowest BCUT2D eigenvalue weighted by molar-refractivity contribution is -0.146. The van der Waals surface area contributed by atoms with E-state index >= 15 is 0 Å².